The van der Waals surface area contributed by atoms with E-state index in [0.717, 1.165) is 38.2 Å². The lowest BCUT2D eigenvalue weighted by atomic mass is 9.87. The number of methoxy groups -OCH3 is 1. The van der Waals surface area contributed by atoms with E-state index in [0.29, 0.717) is 6.04 Å². The van der Waals surface area contributed by atoms with Crippen molar-refractivity contribution in [2.45, 2.75) is 71.4 Å². The van der Waals surface area contributed by atoms with Crippen LogP contribution in [0.2, 0.25) is 0 Å². The Labute approximate surface area is 126 Å². The topological polar surface area (TPSA) is 24.5 Å². The highest BCUT2D eigenvalue weighted by Crippen LogP contribution is 2.23. The van der Waals surface area contributed by atoms with Crippen LogP contribution in [0, 0.1) is 5.92 Å². The summed E-state index contributed by atoms with van der Waals surface area (Å²) >= 11 is 0. The zero-order valence-corrected chi connectivity index (χ0v) is 14.2. The standard InChI is InChI=1S/C17H36N2O/c1-5-17(6-2)19(12-13-20-4)11-10-18-16-9-7-8-15(3)14-16/h15-18H,5-14H2,1-4H3. The predicted molar refractivity (Wildman–Crippen MR) is 87.2 cm³/mol. The van der Waals surface area contributed by atoms with Gasteiger partial charge in [-0.15, -0.1) is 0 Å². The summed E-state index contributed by atoms with van der Waals surface area (Å²) in [6, 6.07) is 1.46. The second-order valence-corrected chi connectivity index (χ2v) is 6.42. The van der Waals surface area contributed by atoms with Crippen molar-refractivity contribution in [3.05, 3.63) is 0 Å². The molecule has 3 heteroatoms. The average molecular weight is 284 g/mol. The summed E-state index contributed by atoms with van der Waals surface area (Å²) < 4.78 is 5.26. The molecular formula is C17H36N2O. The maximum Gasteiger partial charge on any atom is 0.0589 e. The molecule has 20 heavy (non-hydrogen) atoms. The third-order valence-electron chi connectivity index (χ3n) is 4.81. The molecule has 1 rings (SSSR count). The van der Waals surface area contributed by atoms with Crippen molar-refractivity contribution < 1.29 is 4.74 Å². The molecule has 0 radical (unpaired) electrons. The van der Waals surface area contributed by atoms with Crippen LogP contribution in [0.3, 0.4) is 0 Å². The van der Waals surface area contributed by atoms with Gasteiger partial charge >= 0.3 is 0 Å². The van der Waals surface area contributed by atoms with Gasteiger partial charge in [-0.3, -0.25) is 4.90 Å². The molecule has 1 saturated carbocycles. The first-order valence-electron chi connectivity index (χ1n) is 8.67. The van der Waals surface area contributed by atoms with E-state index < -0.39 is 0 Å². The van der Waals surface area contributed by atoms with Crippen LogP contribution in [0.5, 0.6) is 0 Å². The quantitative estimate of drug-likeness (QED) is 0.666. The van der Waals surface area contributed by atoms with Crippen LogP contribution in [0.15, 0.2) is 0 Å². The summed E-state index contributed by atoms with van der Waals surface area (Å²) in [5.74, 6) is 0.907. The average Bonchev–Trinajstić information content (AvgIpc) is 2.45. The van der Waals surface area contributed by atoms with Gasteiger partial charge in [0.25, 0.3) is 0 Å². The highest BCUT2D eigenvalue weighted by atomic mass is 16.5. The largest absolute Gasteiger partial charge is 0.383 e. The number of nitrogens with zero attached hydrogens (tertiary/aromatic N) is 1. The Bertz CT molecular complexity index is 231. The minimum absolute atomic E-state index is 0.706. The third-order valence-corrected chi connectivity index (χ3v) is 4.81. The lowest BCUT2D eigenvalue weighted by Gasteiger charge is -2.32. The molecule has 0 spiro atoms. The van der Waals surface area contributed by atoms with Crippen LogP contribution in [0.1, 0.15) is 59.3 Å². The molecule has 1 N–H and O–H groups in total. The molecule has 0 bridgehead atoms. The van der Waals surface area contributed by atoms with Gasteiger partial charge in [-0.05, 0) is 31.6 Å². The Morgan fingerprint density at radius 1 is 1.20 bits per heavy atom. The van der Waals surface area contributed by atoms with Gasteiger partial charge in [0, 0.05) is 38.8 Å². The summed E-state index contributed by atoms with van der Waals surface area (Å²) in [6.45, 7) is 11.2. The molecule has 3 nitrogen and oxygen atoms in total. The molecule has 120 valence electrons. The van der Waals surface area contributed by atoms with Crippen LogP contribution in [0.25, 0.3) is 0 Å². The van der Waals surface area contributed by atoms with E-state index in [2.05, 4.69) is 31.0 Å². The van der Waals surface area contributed by atoms with Crippen molar-refractivity contribution >= 4 is 0 Å². The molecule has 0 saturated heterocycles. The minimum Gasteiger partial charge on any atom is -0.383 e. The normalized spacial score (nSPS) is 23.7. The van der Waals surface area contributed by atoms with Gasteiger partial charge in [-0.2, -0.15) is 0 Å². The molecule has 0 heterocycles. The fourth-order valence-electron chi connectivity index (χ4n) is 3.52. The molecule has 1 aliphatic rings. The zero-order chi connectivity index (χ0) is 14.8. The molecule has 0 amide bonds. The molecule has 2 atom stereocenters. The molecule has 0 aromatic carbocycles. The van der Waals surface area contributed by atoms with E-state index in [1.807, 2.05) is 0 Å². The lowest BCUT2D eigenvalue weighted by Crippen LogP contribution is -2.44. The number of hydrogen-bond acceptors (Lipinski definition) is 3. The highest BCUT2D eigenvalue weighted by Gasteiger charge is 2.19. The SMILES string of the molecule is CCC(CC)N(CCNC1CCCC(C)C1)CCOC. The zero-order valence-electron chi connectivity index (χ0n) is 14.2. The van der Waals surface area contributed by atoms with Gasteiger partial charge in [0.05, 0.1) is 6.61 Å². The molecule has 1 aliphatic carbocycles. The first kappa shape index (κ1) is 17.9. The van der Waals surface area contributed by atoms with Crippen LogP contribution < -0.4 is 5.32 Å². The summed E-state index contributed by atoms with van der Waals surface area (Å²) in [7, 11) is 1.80. The summed E-state index contributed by atoms with van der Waals surface area (Å²) in [5, 5.41) is 3.78. The van der Waals surface area contributed by atoms with E-state index >= 15 is 0 Å². The van der Waals surface area contributed by atoms with Crippen molar-refractivity contribution in [1.29, 1.82) is 0 Å². The van der Waals surface area contributed by atoms with E-state index in [1.54, 1.807) is 7.11 Å². The molecule has 0 aromatic rings. The van der Waals surface area contributed by atoms with Gasteiger partial charge in [-0.25, -0.2) is 0 Å². The van der Waals surface area contributed by atoms with Crippen molar-refractivity contribution in [2.24, 2.45) is 5.92 Å². The van der Waals surface area contributed by atoms with Gasteiger partial charge in [0.1, 0.15) is 0 Å². The van der Waals surface area contributed by atoms with Crippen LogP contribution in [0.4, 0.5) is 0 Å². The molecule has 1 fully saturated rings. The number of hydrogen-bond donors (Lipinski definition) is 1. The Morgan fingerprint density at radius 3 is 2.55 bits per heavy atom. The Hall–Kier alpha value is -0.120. The van der Waals surface area contributed by atoms with Gasteiger partial charge < -0.3 is 10.1 Å². The summed E-state index contributed by atoms with van der Waals surface area (Å²) in [5.41, 5.74) is 0. The number of rotatable bonds is 10. The van der Waals surface area contributed by atoms with Crippen LogP contribution in [-0.4, -0.2) is 50.3 Å². The third kappa shape index (κ3) is 6.55. The van der Waals surface area contributed by atoms with Crippen LogP contribution >= 0.6 is 0 Å². The molecule has 0 aromatic heterocycles. The van der Waals surface area contributed by atoms with Crippen molar-refractivity contribution in [3.63, 3.8) is 0 Å². The Balaban J connectivity index is 2.29. The van der Waals surface area contributed by atoms with E-state index in [4.69, 9.17) is 4.74 Å². The number of nitrogens with one attached hydrogen (secondary N) is 1. The van der Waals surface area contributed by atoms with Gasteiger partial charge in [0.2, 0.25) is 0 Å². The molecular weight excluding hydrogens is 248 g/mol. The first-order chi connectivity index (χ1) is 9.71. The summed E-state index contributed by atoms with van der Waals surface area (Å²) in [4.78, 5) is 2.60. The fraction of sp³-hybridized carbons (Fsp3) is 1.00. The summed E-state index contributed by atoms with van der Waals surface area (Å²) in [6.07, 6.45) is 8.03. The van der Waals surface area contributed by atoms with Crippen LogP contribution in [-0.2, 0) is 4.74 Å². The maximum absolute atomic E-state index is 5.26. The van der Waals surface area contributed by atoms with Crippen molar-refractivity contribution in [1.82, 2.24) is 10.2 Å². The minimum atomic E-state index is 0.706. The van der Waals surface area contributed by atoms with E-state index in [-0.39, 0.29) is 0 Å². The predicted octanol–water partition coefficient (Wildman–Crippen LogP) is 3.29. The molecule has 2 unspecified atom stereocenters. The Kier molecular flexibility index (Phi) is 9.49. The van der Waals surface area contributed by atoms with Crippen molar-refractivity contribution in [3.8, 4) is 0 Å². The second-order valence-electron chi connectivity index (χ2n) is 6.42. The van der Waals surface area contributed by atoms with Gasteiger partial charge in [0.15, 0.2) is 0 Å². The second kappa shape index (κ2) is 10.6. The van der Waals surface area contributed by atoms with Gasteiger partial charge in [-0.1, -0.05) is 33.6 Å². The van der Waals surface area contributed by atoms with Crippen molar-refractivity contribution in [2.75, 3.05) is 33.4 Å². The van der Waals surface area contributed by atoms with E-state index in [1.165, 1.54) is 38.5 Å². The highest BCUT2D eigenvalue weighted by molar-refractivity contribution is 4.77. The fourth-order valence-corrected chi connectivity index (χ4v) is 3.52. The Morgan fingerprint density at radius 2 is 1.95 bits per heavy atom. The monoisotopic (exact) mass is 284 g/mol. The number of ether oxygens (including phenoxy) is 1. The molecule has 0 aliphatic heterocycles. The first-order valence-corrected chi connectivity index (χ1v) is 8.67. The van der Waals surface area contributed by atoms with E-state index in [9.17, 15) is 0 Å². The maximum atomic E-state index is 5.26. The smallest absolute Gasteiger partial charge is 0.0589 e. The lowest BCUT2D eigenvalue weighted by molar-refractivity contribution is 0.114.